The van der Waals surface area contributed by atoms with E-state index in [2.05, 4.69) is 23.6 Å². The summed E-state index contributed by atoms with van der Waals surface area (Å²) in [5, 5.41) is 0. The number of hydrogen-bond acceptors (Lipinski definition) is 3. The average molecular weight is 427 g/mol. The van der Waals surface area contributed by atoms with Crippen LogP contribution in [0.2, 0.25) is 0 Å². The molecule has 0 N–H and O–H groups in total. The number of nitrogens with zero attached hydrogens (tertiary/aromatic N) is 2. The molecule has 31 heavy (non-hydrogen) atoms. The Balaban J connectivity index is 1.53. The number of hydrogen-bond donors (Lipinski definition) is 0. The Kier molecular flexibility index (Phi) is 6.80. The second kappa shape index (κ2) is 9.56. The van der Waals surface area contributed by atoms with Crippen LogP contribution in [0.3, 0.4) is 0 Å². The number of amides is 1. The van der Waals surface area contributed by atoms with Crippen LogP contribution in [0.1, 0.15) is 62.5 Å². The summed E-state index contributed by atoms with van der Waals surface area (Å²) < 4.78 is 19.4. The molecule has 5 heteroatoms. The van der Waals surface area contributed by atoms with Crippen LogP contribution in [-0.2, 0) is 11.3 Å². The van der Waals surface area contributed by atoms with Gasteiger partial charge < -0.3 is 9.32 Å². The summed E-state index contributed by atoms with van der Waals surface area (Å²) in [5.74, 6) is 2.79. The molecule has 0 unspecified atom stereocenters. The fourth-order valence-corrected chi connectivity index (χ4v) is 5.37. The third-order valence-electron chi connectivity index (χ3n) is 7.03. The highest BCUT2D eigenvalue weighted by Crippen LogP contribution is 2.36. The van der Waals surface area contributed by atoms with Gasteiger partial charge in [-0.15, -0.1) is 0 Å². The fourth-order valence-electron chi connectivity index (χ4n) is 5.37. The van der Waals surface area contributed by atoms with E-state index in [1.165, 1.54) is 12.8 Å². The van der Waals surface area contributed by atoms with E-state index in [9.17, 15) is 9.18 Å². The summed E-state index contributed by atoms with van der Waals surface area (Å²) in [4.78, 5) is 17.8. The third-order valence-corrected chi connectivity index (χ3v) is 7.03. The van der Waals surface area contributed by atoms with Crippen molar-refractivity contribution >= 4 is 5.91 Å². The molecule has 0 spiro atoms. The molecule has 2 fully saturated rings. The van der Waals surface area contributed by atoms with Gasteiger partial charge in [-0.1, -0.05) is 25.0 Å². The molecular formula is C26H35FN2O2. The first-order valence-electron chi connectivity index (χ1n) is 11.7. The van der Waals surface area contributed by atoms with E-state index in [-0.39, 0.29) is 23.7 Å². The summed E-state index contributed by atoms with van der Waals surface area (Å²) in [6, 6.07) is 11.1. The van der Waals surface area contributed by atoms with Crippen molar-refractivity contribution in [2.24, 2.45) is 11.8 Å². The minimum Gasteiger partial charge on any atom is -0.465 e. The van der Waals surface area contributed by atoms with Crippen molar-refractivity contribution in [2.45, 2.75) is 65.0 Å². The molecule has 1 saturated heterocycles. The van der Waals surface area contributed by atoms with Gasteiger partial charge in [-0.2, -0.15) is 0 Å². The van der Waals surface area contributed by atoms with E-state index in [0.717, 1.165) is 56.1 Å². The highest BCUT2D eigenvalue weighted by molar-refractivity contribution is 5.79. The SMILES string of the molecule is Cc1ccc(CN2C[C@H](CN(C(=O)C3CCCC3)C(C)C)[C@@H](c3ccc(F)cc3)C2)o1. The topological polar surface area (TPSA) is 36.7 Å². The van der Waals surface area contributed by atoms with Gasteiger partial charge in [0.15, 0.2) is 0 Å². The van der Waals surface area contributed by atoms with E-state index in [1.807, 2.05) is 31.2 Å². The Labute approximate surface area is 185 Å². The number of aryl methyl sites for hydroxylation is 1. The summed E-state index contributed by atoms with van der Waals surface area (Å²) >= 11 is 0. The number of benzene rings is 1. The van der Waals surface area contributed by atoms with Gasteiger partial charge in [0.1, 0.15) is 17.3 Å². The highest BCUT2D eigenvalue weighted by atomic mass is 19.1. The Morgan fingerprint density at radius 2 is 1.84 bits per heavy atom. The van der Waals surface area contributed by atoms with E-state index >= 15 is 0 Å². The van der Waals surface area contributed by atoms with Crippen LogP contribution >= 0.6 is 0 Å². The summed E-state index contributed by atoms with van der Waals surface area (Å²) in [7, 11) is 0. The average Bonchev–Trinajstić information content (AvgIpc) is 3.48. The maximum atomic E-state index is 13.6. The molecule has 0 radical (unpaired) electrons. The highest BCUT2D eigenvalue weighted by Gasteiger charge is 2.38. The van der Waals surface area contributed by atoms with Gasteiger partial charge in [-0.25, -0.2) is 4.39 Å². The van der Waals surface area contributed by atoms with Crippen LogP contribution in [0.5, 0.6) is 0 Å². The van der Waals surface area contributed by atoms with Crippen LogP contribution in [0.4, 0.5) is 4.39 Å². The van der Waals surface area contributed by atoms with Crippen molar-refractivity contribution < 1.29 is 13.6 Å². The maximum Gasteiger partial charge on any atom is 0.225 e. The van der Waals surface area contributed by atoms with Crippen molar-refractivity contribution in [3.63, 3.8) is 0 Å². The summed E-state index contributed by atoms with van der Waals surface area (Å²) in [5.41, 5.74) is 1.15. The molecule has 1 amide bonds. The van der Waals surface area contributed by atoms with Crippen LogP contribution in [0, 0.1) is 24.6 Å². The van der Waals surface area contributed by atoms with E-state index in [1.54, 1.807) is 12.1 Å². The van der Waals surface area contributed by atoms with Crippen LogP contribution in [0.15, 0.2) is 40.8 Å². The first-order valence-corrected chi connectivity index (χ1v) is 11.7. The minimum atomic E-state index is -0.207. The fraction of sp³-hybridized carbons (Fsp3) is 0.577. The van der Waals surface area contributed by atoms with Gasteiger partial charge in [-0.3, -0.25) is 9.69 Å². The van der Waals surface area contributed by atoms with E-state index in [4.69, 9.17) is 4.42 Å². The molecule has 2 aliphatic rings. The minimum absolute atomic E-state index is 0.184. The molecule has 2 heterocycles. The number of likely N-dealkylation sites (tertiary alicyclic amines) is 1. The smallest absolute Gasteiger partial charge is 0.225 e. The second-order valence-corrected chi connectivity index (χ2v) is 9.69. The predicted octanol–water partition coefficient (Wildman–Crippen LogP) is 5.37. The van der Waals surface area contributed by atoms with Crippen molar-refractivity contribution in [1.82, 2.24) is 9.80 Å². The lowest BCUT2D eigenvalue weighted by atomic mass is 9.88. The monoisotopic (exact) mass is 426 g/mol. The molecule has 2 atom stereocenters. The summed E-state index contributed by atoms with van der Waals surface area (Å²) in [6.45, 7) is 9.52. The zero-order valence-corrected chi connectivity index (χ0v) is 19.0. The predicted molar refractivity (Wildman–Crippen MR) is 120 cm³/mol. The normalized spacial score (nSPS) is 22.5. The molecule has 1 aromatic carbocycles. The summed E-state index contributed by atoms with van der Waals surface area (Å²) in [6.07, 6.45) is 4.39. The van der Waals surface area contributed by atoms with Gasteiger partial charge in [0.2, 0.25) is 5.91 Å². The Bertz CT molecular complexity index is 870. The maximum absolute atomic E-state index is 13.6. The van der Waals surface area contributed by atoms with Crippen molar-refractivity contribution in [3.05, 3.63) is 59.3 Å². The zero-order chi connectivity index (χ0) is 22.0. The molecule has 1 aliphatic heterocycles. The molecule has 1 aliphatic carbocycles. The van der Waals surface area contributed by atoms with E-state index < -0.39 is 0 Å². The van der Waals surface area contributed by atoms with Crippen molar-refractivity contribution in [2.75, 3.05) is 19.6 Å². The van der Waals surface area contributed by atoms with Gasteiger partial charge in [0.25, 0.3) is 0 Å². The molecule has 4 rings (SSSR count). The molecule has 4 nitrogen and oxygen atoms in total. The number of carbonyl (C=O) groups excluding carboxylic acids is 1. The zero-order valence-electron chi connectivity index (χ0n) is 19.0. The number of rotatable bonds is 7. The second-order valence-electron chi connectivity index (χ2n) is 9.69. The van der Waals surface area contributed by atoms with E-state index in [0.29, 0.717) is 11.8 Å². The standard InChI is InChI=1S/C26H35FN2O2/c1-18(2)29(26(30)21-6-4-5-7-21)15-22-14-28(16-24-13-8-19(3)31-24)17-25(22)20-9-11-23(27)12-10-20/h8-13,18,21-22,25H,4-7,14-17H2,1-3H3/t22-,25-/m1/s1. The third kappa shape index (κ3) is 5.20. The van der Waals surface area contributed by atoms with Gasteiger partial charge in [-0.05, 0) is 69.4 Å². The van der Waals surface area contributed by atoms with Crippen molar-refractivity contribution in [3.8, 4) is 0 Å². The lowest BCUT2D eigenvalue weighted by Gasteiger charge is -2.33. The molecular weight excluding hydrogens is 391 g/mol. The number of carbonyl (C=O) groups is 1. The first kappa shape index (κ1) is 22.1. The Hall–Kier alpha value is -2.14. The van der Waals surface area contributed by atoms with Crippen LogP contribution in [0.25, 0.3) is 0 Å². The lowest BCUT2D eigenvalue weighted by Crippen LogP contribution is -2.44. The first-order chi connectivity index (χ1) is 14.9. The van der Waals surface area contributed by atoms with Crippen LogP contribution < -0.4 is 0 Å². The Morgan fingerprint density at radius 1 is 1.13 bits per heavy atom. The van der Waals surface area contributed by atoms with Gasteiger partial charge >= 0.3 is 0 Å². The van der Waals surface area contributed by atoms with Crippen LogP contribution in [-0.4, -0.2) is 41.4 Å². The lowest BCUT2D eigenvalue weighted by molar-refractivity contribution is -0.137. The Morgan fingerprint density at radius 3 is 2.45 bits per heavy atom. The molecule has 1 aromatic heterocycles. The molecule has 2 aromatic rings. The molecule has 1 saturated carbocycles. The van der Waals surface area contributed by atoms with Crippen molar-refractivity contribution in [1.29, 1.82) is 0 Å². The number of halogens is 1. The largest absolute Gasteiger partial charge is 0.465 e. The molecule has 168 valence electrons. The van der Waals surface area contributed by atoms with Gasteiger partial charge in [0.05, 0.1) is 6.54 Å². The quantitative estimate of drug-likeness (QED) is 0.597. The van der Waals surface area contributed by atoms with Gasteiger partial charge in [0, 0.05) is 37.5 Å². The number of furan rings is 1. The molecule has 0 bridgehead atoms.